The maximum atomic E-state index is 12.4. The number of carbonyl (C=O) groups excluding carboxylic acids is 1. The van der Waals surface area contributed by atoms with Crippen molar-refractivity contribution in [1.82, 2.24) is 0 Å². The maximum absolute atomic E-state index is 12.4. The van der Waals surface area contributed by atoms with Gasteiger partial charge in [0.1, 0.15) is 0 Å². The summed E-state index contributed by atoms with van der Waals surface area (Å²) in [5.74, 6) is -0.186. The second-order valence-electron chi connectivity index (χ2n) is 4.71. The standard InChI is InChI=1S/C16H17NO2/c1-2-19-15(18)16(9-4-3-5-10-16)14-8-6-7-13(11-14)12-17/h3-4,6-8,11H,2,5,9-10H2,1H3. The van der Waals surface area contributed by atoms with Crippen molar-refractivity contribution in [3.05, 3.63) is 47.5 Å². The Balaban J connectivity index is 2.45. The number of benzene rings is 1. The molecular formula is C16H17NO2. The van der Waals surface area contributed by atoms with E-state index in [-0.39, 0.29) is 5.97 Å². The molecule has 1 atom stereocenters. The van der Waals surface area contributed by atoms with Gasteiger partial charge in [0.15, 0.2) is 0 Å². The van der Waals surface area contributed by atoms with Crippen LogP contribution in [0.2, 0.25) is 0 Å². The Kier molecular flexibility index (Phi) is 4.01. The average Bonchev–Trinajstić information content (AvgIpc) is 2.48. The fourth-order valence-corrected chi connectivity index (χ4v) is 2.56. The van der Waals surface area contributed by atoms with Crippen LogP contribution < -0.4 is 0 Å². The van der Waals surface area contributed by atoms with E-state index in [1.54, 1.807) is 12.1 Å². The number of carbonyl (C=O) groups is 1. The van der Waals surface area contributed by atoms with Crippen molar-refractivity contribution < 1.29 is 9.53 Å². The van der Waals surface area contributed by atoms with E-state index in [9.17, 15) is 4.79 Å². The highest BCUT2D eigenvalue weighted by molar-refractivity contribution is 5.84. The van der Waals surface area contributed by atoms with Gasteiger partial charge in [0.25, 0.3) is 0 Å². The first-order valence-electron chi connectivity index (χ1n) is 6.56. The first-order valence-corrected chi connectivity index (χ1v) is 6.56. The van der Waals surface area contributed by atoms with Crippen LogP contribution >= 0.6 is 0 Å². The van der Waals surface area contributed by atoms with Crippen LogP contribution in [0.15, 0.2) is 36.4 Å². The number of rotatable bonds is 3. The molecule has 0 aromatic heterocycles. The Morgan fingerprint density at radius 3 is 2.95 bits per heavy atom. The molecule has 1 aromatic rings. The molecular weight excluding hydrogens is 238 g/mol. The first kappa shape index (κ1) is 13.4. The summed E-state index contributed by atoms with van der Waals surface area (Å²) in [6.07, 6.45) is 6.35. The molecule has 0 radical (unpaired) electrons. The van der Waals surface area contributed by atoms with E-state index in [0.717, 1.165) is 18.4 Å². The summed E-state index contributed by atoms with van der Waals surface area (Å²) < 4.78 is 5.26. The lowest BCUT2D eigenvalue weighted by Gasteiger charge is -2.33. The SMILES string of the molecule is CCOC(=O)C1(c2cccc(C#N)c2)CC=CCC1. The van der Waals surface area contributed by atoms with Crippen LogP contribution in [0.4, 0.5) is 0 Å². The molecule has 0 fully saturated rings. The smallest absolute Gasteiger partial charge is 0.316 e. The summed E-state index contributed by atoms with van der Waals surface area (Å²) in [5.41, 5.74) is 0.836. The molecule has 3 heteroatoms. The lowest BCUT2D eigenvalue weighted by Crippen LogP contribution is -2.38. The fourth-order valence-electron chi connectivity index (χ4n) is 2.56. The number of esters is 1. The third-order valence-electron chi connectivity index (χ3n) is 3.58. The normalized spacial score (nSPS) is 21.7. The maximum Gasteiger partial charge on any atom is 0.316 e. The van der Waals surface area contributed by atoms with Crippen LogP contribution in [0.1, 0.15) is 37.3 Å². The van der Waals surface area contributed by atoms with E-state index >= 15 is 0 Å². The molecule has 98 valence electrons. The summed E-state index contributed by atoms with van der Waals surface area (Å²) in [6, 6.07) is 9.42. The van der Waals surface area contributed by atoms with Crippen molar-refractivity contribution in [2.24, 2.45) is 0 Å². The van der Waals surface area contributed by atoms with E-state index in [0.29, 0.717) is 18.6 Å². The highest BCUT2D eigenvalue weighted by atomic mass is 16.5. The van der Waals surface area contributed by atoms with Gasteiger partial charge in [0.2, 0.25) is 0 Å². The second-order valence-corrected chi connectivity index (χ2v) is 4.71. The Labute approximate surface area is 113 Å². The van der Waals surface area contributed by atoms with Gasteiger partial charge in [-0.3, -0.25) is 4.79 Å². The van der Waals surface area contributed by atoms with Crippen LogP contribution in [-0.4, -0.2) is 12.6 Å². The van der Waals surface area contributed by atoms with Crippen LogP contribution in [0.5, 0.6) is 0 Å². The third-order valence-corrected chi connectivity index (χ3v) is 3.58. The molecule has 0 aliphatic heterocycles. The minimum Gasteiger partial charge on any atom is -0.465 e. The van der Waals surface area contributed by atoms with Crippen molar-refractivity contribution in [2.45, 2.75) is 31.6 Å². The molecule has 1 aromatic carbocycles. The van der Waals surface area contributed by atoms with Crippen molar-refractivity contribution in [2.75, 3.05) is 6.61 Å². The lowest BCUT2D eigenvalue weighted by molar-refractivity contribution is -0.150. The van der Waals surface area contributed by atoms with Gasteiger partial charge < -0.3 is 4.74 Å². The summed E-state index contributed by atoms with van der Waals surface area (Å²) in [4.78, 5) is 12.4. The van der Waals surface area contributed by atoms with Crippen molar-refractivity contribution >= 4 is 5.97 Å². The summed E-state index contributed by atoms with van der Waals surface area (Å²) >= 11 is 0. The second kappa shape index (κ2) is 5.71. The van der Waals surface area contributed by atoms with Gasteiger partial charge in [0.05, 0.1) is 23.7 Å². The summed E-state index contributed by atoms with van der Waals surface area (Å²) in [7, 11) is 0. The molecule has 0 amide bonds. The monoisotopic (exact) mass is 255 g/mol. The number of nitriles is 1. The molecule has 1 unspecified atom stereocenters. The molecule has 0 heterocycles. The average molecular weight is 255 g/mol. The highest BCUT2D eigenvalue weighted by Gasteiger charge is 2.41. The lowest BCUT2D eigenvalue weighted by atomic mass is 9.71. The predicted octanol–water partition coefficient (Wildman–Crippen LogP) is 3.10. The van der Waals surface area contributed by atoms with Gasteiger partial charge in [-0.25, -0.2) is 0 Å². The Morgan fingerprint density at radius 1 is 1.47 bits per heavy atom. The Morgan fingerprint density at radius 2 is 2.32 bits per heavy atom. The van der Waals surface area contributed by atoms with Gasteiger partial charge in [0, 0.05) is 0 Å². The highest BCUT2D eigenvalue weighted by Crippen LogP contribution is 2.38. The van der Waals surface area contributed by atoms with E-state index in [1.165, 1.54) is 0 Å². The van der Waals surface area contributed by atoms with E-state index in [4.69, 9.17) is 10.00 Å². The molecule has 1 aliphatic carbocycles. The minimum absolute atomic E-state index is 0.186. The third kappa shape index (κ3) is 2.53. The number of ether oxygens (including phenoxy) is 1. The van der Waals surface area contributed by atoms with Crippen LogP contribution in [0.25, 0.3) is 0 Å². The number of hydrogen-bond donors (Lipinski definition) is 0. The van der Waals surface area contributed by atoms with Crippen LogP contribution in [0, 0.1) is 11.3 Å². The molecule has 0 saturated carbocycles. The zero-order valence-electron chi connectivity index (χ0n) is 11.1. The summed E-state index contributed by atoms with van der Waals surface area (Å²) in [5, 5.41) is 9.01. The molecule has 1 aliphatic rings. The zero-order chi connectivity index (χ0) is 13.7. The Hall–Kier alpha value is -2.08. The van der Waals surface area contributed by atoms with Gasteiger partial charge in [-0.1, -0.05) is 24.3 Å². The fraction of sp³-hybridized carbons (Fsp3) is 0.375. The Bertz CT molecular complexity index is 542. The molecule has 0 spiro atoms. The van der Waals surface area contributed by atoms with Crippen molar-refractivity contribution in [1.29, 1.82) is 5.26 Å². The van der Waals surface area contributed by atoms with Gasteiger partial charge in [-0.2, -0.15) is 5.26 Å². The molecule has 0 bridgehead atoms. The van der Waals surface area contributed by atoms with E-state index in [1.807, 2.05) is 25.1 Å². The van der Waals surface area contributed by atoms with Crippen molar-refractivity contribution in [3.8, 4) is 6.07 Å². The molecule has 0 saturated heterocycles. The first-order chi connectivity index (χ1) is 9.23. The number of hydrogen-bond acceptors (Lipinski definition) is 3. The molecule has 0 N–H and O–H groups in total. The van der Waals surface area contributed by atoms with Gasteiger partial charge >= 0.3 is 5.97 Å². The molecule has 19 heavy (non-hydrogen) atoms. The van der Waals surface area contributed by atoms with E-state index in [2.05, 4.69) is 12.1 Å². The number of allylic oxidation sites excluding steroid dienone is 2. The van der Waals surface area contributed by atoms with E-state index < -0.39 is 5.41 Å². The van der Waals surface area contributed by atoms with Crippen molar-refractivity contribution in [3.63, 3.8) is 0 Å². The zero-order valence-corrected chi connectivity index (χ0v) is 11.1. The van der Waals surface area contributed by atoms with Crippen LogP contribution in [0.3, 0.4) is 0 Å². The largest absolute Gasteiger partial charge is 0.465 e. The molecule has 2 rings (SSSR count). The quantitative estimate of drug-likeness (QED) is 0.616. The van der Waals surface area contributed by atoms with Gasteiger partial charge in [-0.05, 0) is 43.9 Å². The minimum atomic E-state index is -0.627. The number of nitrogens with zero attached hydrogens (tertiary/aromatic N) is 1. The van der Waals surface area contributed by atoms with Crippen LogP contribution in [-0.2, 0) is 14.9 Å². The predicted molar refractivity (Wildman–Crippen MR) is 72.5 cm³/mol. The molecule has 3 nitrogen and oxygen atoms in total. The summed E-state index contributed by atoms with van der Waals surface area (Å²) in [6.45, 7) is 2.19. The topological polar surface area (TPSA) is 50.1 Å². The van der Waals surface area contributed by atoms with Gasteiger partial charge in [-0.15, -0.1) is 0 Å².